The normalized spacial score (nSPS) is 11.7. The van der Waals surface area contributed by atoms with Crippen LogP contribution in [0.3, 0.4) is 0 Å². The quantitative estimate of drug-likeness (QED) is 0.624. The lowest BCUT2D eigenvalue weighted by atomic mass is 10.1. The Bertz CT molecular complexity index is 830. The fourth-order valence-electron chi connectivity index (χ4n) is 2.13. The lowest BCUT2D eigenvalue weighted by Crippen LogP contribution is -2.17. The molecule has 7 heteroatoms. The largest absolute Gasteiger partial charge is 0.573 e. The second-order valence-electron chi connectivity index (χ2n) is 4.84. The van der Waals surface area contributed by atoms with E-state index in [2.05, 4.69) is 26.0 Å². The van der Waals surface area contributed by atoms with Crippen LogP contribution in [-0.2, 0) is 6.54 Å². The van der Waals surface area contributed by atoms with Crippen molar-refractivity contribution in [3.8, 4) is 5.75 Å². The number of nitrogens with one attached hydrogen (secondary N) is 1. The van der Waals surface area contributed by atoms with Gasteiger partial charge in [0.25, 0.3) is 0 Å². The summed E-state index contributed by atoms with van der Waals surface area (Å²) < 4.78 is 46.1. The van der Waals surface area contributed by atoms with Crippen molar-refractivity contribution >= 4 is 32.6 Å². The van der Waals surface area contributed by atoms with Gasteiger partial charge in [0, 0.05) is 17.6 Å². The number of ether oxygens (including phenoxy) is 1. The SMILES string of the molecule is FC(F)(F)Oc1ccc(NCc2ccc3ccoc3c2)cc1Br. The van der Waals surface area contributed by atoms with E-state index >= 15 is 0 Å². The molecule has 0 spiro atoms. The van der Waals surface area contributed by atoms with Gasteiger partial charge in [-0.2, -0.15) is 0 Å². The highest BCUT2D eigenvalue weighted by molar-refractivity contribution is 9.10. The smallest absolute Gasteiger partial charge is 0.464 e. The fraction of sp³-hybridized carbons (Fsp3) is 0.125. The molecule has 1 N–H and O–H groups in total. The van der Waals surface area contributed by atoms with Gasteiger partial charge < -0.3 is 14.5 Å². The Balaban J connectivity index is 1.69. The van der Waals surface area contributed by atoms with Gasteiger partial charge in [-0.25, -0.2) is 0 Å². The van der Waals surface area contributed by atoms with Gasteiger partial charge >= 0.3 is 6.36 Å². The Hall–Kier alpha value is -2.15. The van der Waals surface area contributed by atoms with Crippen LogP contribution in [-0.4, -0.2) is 6.36 Å². The van der Waals surface area contributed by atoms with Gasteiger partial charge in [0.1, 0.15) is 11.3 Å². The highest BCUT2D eigenvalue weighted by atomic mass is 79.9. The van der Waals surface area contributed by atoms with Crippen LogP contribution in [0.2, 0.25) is 0 Å². The minimum Gasteiger partial charge on any atom is -0.464 e. The van der Waals surface area contributed by atoms with Gasteiger partial charge in [0.05, 0.1) is 10.7 Å². The molecule has 0 unspecified atom stereocenters. The van der Waals surface area contributed by atoms with Crippen LogP contribution in [0.4, 0.5) is 18.9 Å². The third-order valence-corrected chi connectivity index (χ3v) is 3.79. The van der Waals surface area contributed by atoms with Crippen molar-refractivity contribution in [3.63, 3.8) is 0 Å². The van der Waals surface area contributed by atoms with E-state index in [1.807, 2.05) is 24.3 Å². The number of halogens is 4. The monoisotopic (exact) mass is 385 g/mol. The highest BCUT2D eigenvalue weighted by Gasteiger charge is 2.31. The van der Waals surface area contributed by atoms with E-state index in [1.54, 1.807) is 6.26 Å². The average molecular weight is 386 g/mol. The van der Waals surface area contributed by atoms with E-state index in [0.29, 0.717) is 12.2 Å². The molecule has 0 saturated heterocycles. The van der Waals surface area contributed by atoms with E-state index in [4.69, 9.17) is 4.42 Å². The van der Waals surface area contributed by atoms with Crippen molar-refractivity contribution in [2.45, 2.75) is 12.9 Å². The van der Waals surface area contributed by atoms with Gasteiger partial charge in [-0.05, 0) is 51.8 Å². The molecule has 0 aliphatic rings. The summed E-state index contributed by atoms with van der Waals surface area (Å²) in [5, 5.41) is 4.16. The predicted octanol–water partition coefficient (Wildman–Crippen LogP) is 5.71. The average Bonchev–Trinajstić information content (AvgIpc) is 2.94. The van der Waals surface area contributed by atoms with Gasteiger partial charge in [-0.1, -0.05) is 12.1 Å². The molecule has 0 atom stereocenters. The topological polar surface area (TPSA) is 34.4 Å². The van der Waals surface area contributed by atoms with Crippen LogP contribution < -0.4 is 10.1 Å². The molecule has 3 rings (SSSR count). The number of hydrogen-bond donors (Lipinski definition) is 1. The number of hydrogen-bond acceptors (Lipinski definition) is 3. The summed E-state index contributed by atoms with van der Waals surface area (Å²) in [5.41, 5.74) is 2.46. The van der Waals surface area contributed by atoms with Crippen LogP contribution >= 0.6 is 15.9 Å². The van der Waals surface area contributed by atoms with E-state index in [1.165, 1.54) is 18.2 Å². The van der Waals surface area contributed by atoms with E-state index in [0.717, 1.165) is 16.5 Å². The van der Waals surface area contributed by atoms with Crippen molar-refractivity contribution in [1.82, 2.24) is 0 Å². The van der Waals surface area contributed by atoms with Crippen molar-refractivity contribution in [2.24, 2.45) is 0 Å². The molecule has 0 saturated carbocycles. The molecule has 0 fully saturated rings. The van der Waals surface area contributed by atoms with Crippen LogP contribution in [0.5, 0.6) is 5.75 Å². The zero-order valence-corrected chi connectivity index (χ0v) is 13.2. The first kappa shape index (κ1) is 15.7. The van der Waals surface area contributed by atoms with Crippen molar-refractivity contribution in [1.29, 1.82) is 0 Å². The molecule has 0 radical (unpaired) electrons. The molecule has 0 amide bonds. The van der Waals surface area contributed by atoms with Crippen molar-refractivity contribution < 1.29 is 22.3 Å². The maximum atomic E-state index is 12.2. The maximum Gasteiger partial charge on any atom is 0.573 e. The molecule has 0 bridgehead atoms. The summed E-state index contributed by atoms with van der Waals surface area (Å²) in [6.45, 7) is 0.516. The Kier molecular flexibility index (Phi) is 4.21. The van der Waals surface area contributed by atoms with Crippen molar-refractivity contribution in [3.05, 3.63) is 58.8 Å². The first-order chi connectivity index (χ1) is 10.9. The Morgan fingerprint density at radius 1 is 1.09 bits per heavy atom. The van der Waals surface area contributed by atoms with Crippen LogP contribution in [0.25, 0.3) is 11.0 Å². The minimum absolute atomic E-state index is 0.223. The number of rotatable bonds is 4. The molecule has 1 aromatic heterocycles. The van der Waals surface area contributed by atoms with Gasteiger partial charge in [0.15, 0.2) is 0 Å². The molecule has 3 nitrogen and oxygen atoms in total. The molecule has 120 valence electrons. The van der Waals surface area contributed by atoms with Gasteiger partial charge in [0.2, 0.25) is 0 Å². The van der Waals surface area contributed by atoms with E-state index in [9.17, 15) is 13.2 Å². The Morgan fingerprint density at radius 3 is 2.65 bits per heavy atom. The van der Waals surface area contributed by atoms with Crippen LogP contribution in [0.1, 0.15) is 5.56 Å². The molecule has 23 heavy (non-hydrogen) atoms. The number of fused-ring (bicyclic) bond motifs is 1. The summed E-state index contributed by atoms with van der Waals surface area (Å²) in [6, 6.07) is 12.0. The lowest BCUT2D eigenvalue weighted by Gasteiger charge is -2.12. The zero-order chi connectivity index (χ0) is 16.4. The molecule has 2 aromatic carbocycles. The van der Waals surface area contributed by atoms with Gasteiger partial charge in [-0.15, -0.1) is 13.2 Å². The standard InChI is InChI=1S/C16H11BrF3NO2/c17-13-8-12(3-4-14(13)23-16(18,19)20)21-9-10-1-2-11-5-6-22-15(11)7-10/h1-8,21H,9H2. The van der Waals surface area contributed by atoms with Crippen LogP contribution in [0, 0.1) is 0 Å². The molecule has 0 aliphatic heterocycles. The first-order valence-electron chi connectivity index (χ1n) is 6.66. The maximum absolute atomic E-state index is 12.2. The van der Waals surface area contributed by atoms with Crippen LogP contribution in [0.15, 0.2) is 57.6 Å². The Labute approximate surface area is 138 Å². The van der Waals surface area contributed by atoms with Gasteiger partial charge in [-0.3, -0.25) is 0 Å². The van der Waals surface area contributed by atoms with Crippen molar-refractivity contribution in [2.75, 3.05) is 5.32 Å². The number of alkyl halides is 3. The summed E-state index contributed by atoms with van der Waals surface area (Å²) >= 11 is 3.07. The summed E-state index contributed by atoms with van der Waals surface area (Å²) in [5.74, 6) is -0.278. The second kappa shape index (κ2) is 6.16. The summed E-state index contributed by atoms with van der Waals surface area (Å²) in [7, 11) is 0. The van der Waals surface area contributed by atoms with E-state index in [-0.39, 0.29) is 10.2 Å². The third-order valence-electron chi connectivity index (χ3n) is 3.17. The zero-order valence-electron chi connectivity index (χ0n) is 11.7. The molecule has 0 aliphatic carbocycles. The lowest BCUT2D eigenvalue weighted by molar-refractivity contribution is -0.274. The minimum atomic E-state index is -4.71. The second-order valence-corrected chi connectivity index (χ2v) is 5.69. The third kappa shape index (κ3) is 3.98. The number of furan rings is 1. The first-order valence-corrected chi connectivity index (χ1v) is 7.45. The molecule has 3 aromatic rings. The predicted molar refractivity (Wildman–Crippen MR) is 84.4 cm³/mol. The fourth-order valence-corrected chi connectivity index (χ4v) is 2.59. The summed E-state index contributed by atoms with van der Waals surface area (Å²) in [4.78, 5) is 0. The molecule has 1 heterocycles. The van der Waals surface area contributed by atoms with E-state index < -0.39 is 6.36 Å². The Morgan fingerprint density at radius 2 is 1.91 bits per heavy atom. The summed E-state index contributed by atoms with van der Waals surface area (Å²) in [6.07, 6.45) is -3.09. The number of benzene rings is 2. The molecular weight excluding hydrogens is 375 g/mol. The number of anilines is 1. The highest BCUT2D eigenvalue weighted by Crippen LogP contribution is 2.32. The molecular formula is C16H11BrF3NO2.